The van der Waals surface area contributed by atoms with Gasteiger partial charge in [-0.3, -0.25) is 4.79 Å². The lowest BCUT2D eigenvalue weighted by Crippen LogP contribution is -2.25. The first-order chi connectivity index (χ1) is 9.49. The molecule has 0 saturated heterocycles. The first kappa shape index (κ1) is 15.9. The van der Waals surface area contributed by atoms with Crippen LogP contribution >= 0.6 is 23.2 Å². The van der Waals surface area contributed by atoms with Crippen LogP contribution in [0.3, 0.4) is 0 Å². The van der Waals surface area contributed by atoms with Crippen molar-refractivity contribution in [3.8, 4) is 0 Å². The van der Waals surface area contributed by atoms with Crippen molar-refractivity contribution in [2.24, 2.45) is 17.8 Å². The minimum Gasteiger partial charge on any atom is -0.299 e. The van der Waals surface area contributed by atoms with E-state index in [0.717, 1.165) is 30.2 Å². The topological polar surface area (TPSA) is 17.1 Å². The van der Waals surface area contributed by atoms with E-state index in [2.05, 4.69) is 13.8 Å². The molecule has 1 aliphatic carbocycles. The molecule has 1 aromatic rings. The van der Waals surface area contributed by atoms with E-state index in [1.165, 1.54) is 12.8 Å². The molecular formula is C17H22Cl2O. The van der Waals surface area contributed by atoms with Gasteiger partial charge in [0.1, 0.15) is 5.78 Å². The van der Waals surface area contributed by atoms with Gasteiger partial charge in [-0.2, -0.15) is 0 Å². The molecule has 0 unspecified atom stereocenters. The lowest BCUT2D eigenvalue weighted by molar-refractivity contribution is -0.123. The predicted octanol–water partition coefficient (Wildman–Crippen LogP) is 5.57. The standard InChI is InChI=1S/C17H22Cl2O/c1-11(2)12-6-8-13(9-7-12)17(20)10-14-15(18)4-3-5-16(14)19/h3-5,11-13H,6-10H2,1-2H3. The lowest BCUT2D eigenvalue weighted by atomic mass is 9.75. The number of halogens is 2. The Morgan fingerprint density at radius 2 is 1.70 bits per heavy atom. The molecule has 0 aromatic heterocycles. The van der Waals surface area contributed by atoms with Gasteiger partial charge >= 0.3 is 0 Å². The monoisotopic (exact) mass is 312 g/mol. The Morgan fingerprint density at radius 3 is 2.20 bits per heavy atom. The van der Waals surface area contributed by atoms with Crippen LogP contribution in [0.25, 0.3) is 0 Å². The largest absolute Gasteiger partial charge is 0.299 e. The third-order valence-corrected chi connectivity index (χ3v) is 5.29. The molecule has 110 valence electrons. The van der Waals surface area contributed by atoms with Crippen LogP contribution in [0, 0.1) is 17.8 Å². The highest BCUT2D eigenvalue weighted by molar-refractivity contribution is 6.36. The Labute approximate surface area is 131 Å². The summed E-state index contributed by atoms with van der Waals surface area (Å²) in [4.78, 5) is 12.4. The number of Topliss-reactive ketones (excluding diaryl/α,β-unsaturated/α-hetero) is 1. The smallest absolute Gasteiger partial charge is 0.140 e. The molecule has 1 saturated carbocycles. The summed E-state index contributed by atoms with van der Waals surface area (Å²) >= 11 is 12.3. The van der Waals surface area contributed by atoms with E-state index in [-0.39, 0.29) is 5.92 Å². The van der Waals surface area contributed by atoms with Gasteiger partial charge in [0.2, 0.25) is 0 Å². The zero-order valence-corrected chi connectivity index (χ0v) is 13.7. The highest BCUT2D eigenvalue weighted by atomic mass is 35.5. The average Bonchev–Trinajstić information content (AvgIpc) is 2.43. The second kappa shape index (κ2) is 6.95. The molecule has 0 heterocycles. The minimum atomic E-state index is 0.192. The van der Waals surface area contributed by atoms with Crippen molar-refractivity contribution >= 4 is 29.0 Å². The van der Waals surface area contributed by atoms with Crippen molar-refractivity contribution in [1.29, 1.82) is 0 Å². The van der Waals surface area contributed by atoms with Gasteiger partial charge in [-0.1, -0.05) is 43.1 Å². The first-order valence-corrected chi connectivity index (χ1v) is 8.20. The molecule has 0 N–H and O–H groups in total. The van der Waals surface area contributed by atoms with E-state index >= 15 is 0 Å². The third-order valence-electron chi connectivity index (χ3n) is 4.58. The third kappa shape index (κ3) is 3.77. The first-order valence-electron chi connectivity index (χ1n) is 7.44. The highest BCUT2D eigenvalue weighted by Gasteiger charge is 2.28. The number of rotatable bonds is 4. The predicted molar refractivity (Wildman–Crippen MR) is 85.5 cm³/mol. The van der Waals surface area contributed by atoms with Crippen molar-refractivity contribution in [3.63, 3.8) is 0 Å². The van der Waals surface area contributed by atoms with E-state index < -0.39 is 0 Å². The quantitative estimate of drug-likeness (QED) is 0.710. The van der Waals surface area contributed by atoms with E-state index in [4.69, 9.17) is 23.2 Å². The Balaban J connectivity index is 1.96. The molecule has 20 heavy (non-hydrogen) atoms. The van der Waals surface area contributed by atoms with Crippen LogP contribution in [-0.2, 0) is 11.2 Å². The fourth-order valence-corrected chi connectivity index (χ4v) is 3.66. The van der Waals surface area contributed by atoms with Gasteiger partial charge in [-0.15, -0.1) is 0 Å². The van der Waals surface area contributed by atoms with E-state index in [0.29, 0.717) is 22.2 Å². The summed E-state index contributed by atoms with van der Waals surface area (Å²) in [7, 11) is 0. The molecule has 0 bridgehead atoms. The molecule has 2 rings (SSSR count). The number of carbonyl (C=O) groups excluding carboxylic acids is 1. The molecule has 1 fully saturated rings. The normalized spacial score (nSPS) is 23.1. The zero-order valence-electron chi connectivity index (χ0n) is 12.2. The number of benzene rings is 1. The van der Waals surface area contributed by atoms with Gasteiger partial charge in [-0.05, 0) is 55.2 Å². The van der Waals surface area contributed by atoms with Gasteiger partial charge in [0.15, 0.2) is 0 Å². The van der Waals surface area contributed by atoms with Crippen LogP contribution in [0.5, 0.6) is 0 Å². The fraction of sp³-hybridized carbons (Fsp3) is 0.588. The maximum atomic E-state index is 12.4. The maximum absolute atomic E-state index is 12.4. The maximum Gasteiger partial charge on any atom is 0.140 e. The summed E-state index contributed by atoms with van der Waals surface area (Å²) in [5, 5.41) is 1.20. The summed E-state index contributed by atoms with van der Waals surface area (Å²) < 4.78 is 0. The van der Waals surface area contributed by atoms with Crippen molar-refractivity contribution in [2.45, 2.75) is 46.0 Å². The van der Waals surface area contributed by atoms with Gasteiger partial charge in [0.05, 0.1) is 0 Å². The Hall–Kier alpha value is -0.530. The van der Waals surface area contributed by atoms with Crippen LogP contribution in [-0.4, -0.2) is 5.78 Å². The second-order valence-electron chi connectivity index (χ2n) is 6.20. The second-order valence-corrected chi connectivity index (χ2v) is 7.01. The molecule has 0 aliphatic heterocycles. The number of hydrogen-bond acceptors (Lipinski definition) is 1. The number of ketones is 1. The van der Waals surface area contributed by atoms with Gasteiger partial charge in [0, 0.05) is 22.4 Å². The van der Waals surface area contributed by atoms with Crippen LogP contribution in [0.4, 0.5) is 0 Å². The molecule has 1 aliphatic rings. The van der Waals surface area contributed by atoms with Gasteiger partial charge in [-0.25, -0.2) is 0 Å². The number of hydrogen-bond donors (Lipinski definition) is 0. The Morgan fingerprint density at radius 1 is 1.15 bits per heavy atom. The molecule has 0 radical (unpaired) electrons. The van der Waals surface area contributed by atoms with Crippen LogP contribution in [0.2, 0.25) is 10.0 Å². The molecular weight excluding hydrogens is 291 g/mol. The summed E-state index contributed by atoms with van der Waals surface area (Å²) in [5.41, 5.74) is 0.784. The highest BCUT2D eigenvalue weighted by Crippen LogP contribution is 2.35. The van der Waals surface area contributed by atoms with Crippen molar-refractivity contribution in [2.75, 3.05) is 0 Å². The Kier molecular flexibility index (Phi) is 5.51. The summed E-state index contributed by atoms with van der Waals surface area (Å²) in [6, 6.07) is 5.41. The van der Waals surface area contributed by atoms with Crippen molar-refractivity contribution in [1.82, 2.24) is 0 Å². The minimum absolute atomic E-state index is 0.192. The zero-order chi connectivity index (χ0) is 14.7. The molecule has 3 heteroatoms. The summed E-state index contributed by atoms with van der Waals surface area (Å²) in [5.74, 6) is 1.99. The lowest BCUT2D eigenvalue weighted by Gasteiger charge is -2.30. The molecule has 0 spiro atoms. The van der Waals surface area contributed by atoms with E-state index in [1.54, 1.807) is 12.1 Å². The summed E-state index contributed by atoms with van der Waals surface area (Å²) in [6.45, 7) is 4.55. The molecule has 1 aromatic carbocycles. The molecule has 0 atom stereocenters. The fourth-order valence-electron chi connectivity index (χ4n) is 3.13. The van der Waals surface area contributed by atoms with E-state index in [9.17, 15) is 4.79 Å². The molecule has 1 nitrogen and oxygen atoms in total. The van der Waals surface area contributed by atoms with Gasteiger partial charge < -0.3 is 0 Å². The number of carbonyl (C=O) groups is 1. The van der Waals surface area contributed by atoms with E-state index in [1.807, 2.05) is 6.07 Å². The van der Waals surface area contributed by atoms with Crippen LogP contribution in [0.1, 0.15) is 45.1 Å². The SMILES string of the molecule is CC(C)C1CCC(C(=O)Cc2c(Cl)cccc2Cl)CC1. The van der Waals surface area contributed by atoms with Gasteiger partial charge in [0.25, 0.3) is 0 Å². The summed E-state index contributed by atoms with van der Waals surface area (Å²) in [6.07, 6.45) is 4.75. The van der Waals surface area contributed by atoms with Crippen LogP contribution in [0.15, 0.2) is 18.2 Å². The van der Waals surface area contributed by atoms with Crippen LogP contribution < -0.4 is 0 Å². The van der Waals surface area contributed by atoms with Crippen molar-refractivity contribution in [3.05, 3.63) is 33.8 Å². The molecule has 0 amide bonds. The average molecular weight is 313 g/mol. The van der Waals surface area contributed by atoms with Crippen molar-refractivity contribution < 1.29 is 4.79 Å². The Bertz CT molecular complexity index is 454.